The molecule has 0 fully saturated rings. The summed E-state index contributed by atoms with van der Waals surface area (Å²) >= 11 is 0. The van der Waals surface area contributed by atoms with Gasteiger partial charge in [0.05, 0.1) is 0 Å². The van der Waals surface area contributed by atoms with E-state index in [1.54, 1.807) is 0 Å². The molecule has 18 heavy (non-hydrogen) atoms. The molecule has 0 saturated carbocycles. The van der Waals surface area contributed by atoms with Gasteiger partial charge < -0.3 is 10.2 Å². The van der Waals surface area contributed by atoms with E-state index in [1.165, 1.54) is 5.56 Å². The third-order valence-corrected chi connectivity index (χ3v) is 2.91. The zero-order valence-electron chi connectivity index (χ0n) is 11.2. The topological polar surface area (TPSA) is 41.1 Å². The molecule has 0 unspecified atom stereocenters. The third-order valence-electron chi connectivity index (χ3n) is 2.91. The molecule has 0 amide bonds. The molecule has 0 aliphatic carbocycles. The van der Waals surface area contributed by atoms with Gasteiger partial charge in [-0.15, -0.1) is 0 Å². The van der Waals surface area contributed by atoms with Gasteiger partial charge in [0.15, 0.2) is 0 Å². The SMILES string of the molecule is CNc1ncc(C)c(N(C)c2ccc(C)cc2)n1. The lowest BCUT2D eigenvalue weighted by Crippen LogP contribution is -2.14. The van der Waals surface area contributed by atoms with Crippen molar-refractivity contribution in [2.75, 3.05) is 24.3 Å². The van der Waals surface area contributed by atoms with Crippen molar-refractivity contribution in [1.82, 2.24) is 9.97 Å². The highest BCUT2D eigenvalue weighted by Gasteiger charge is 2.09. The first kappa shape index (κ1) is 12.4. The Bertz CT molecular complexity index is 534. The summed E-state index contributed by atoms with van der Waals surface area (Å²) in [4.78, 5) is 10.8. The molecule has 0 spiro atoms. The van der Waals surface area contributed by atoms with E-state index < -0.39 is 0 Å². The zero-order chi connectivity index (χ0) is 13.1. The molecule has 0 aliphatic heterocycles. The van der Waals surface area contributed by atoms with E-state index in [4.69, 9.17) is 0 Å². The minimum atomic E-state index is 0.634. The molecule has 0 aliphatic rings. The Morgan fingerprint density at radius 2 is 1.78 bits per heavy atom. The van der Waals surface area contributed by atoms with E-state index in [1.807, 2.05) is 27.2 Å². The largest absolute Gasteiger partial charge is 0.357 e. The summed E-state index contributed by atoms with van der Waals surface area (Å²) in [6.45, 7) is 4.10. The third kappa shape index (κ3) is 2.42. The van der Waals surface area contributed by atoms with Crippen LogP contribution in [0.2, 0.25) is 0 Å². The fourth-order valence-electron chi connectivity index (χ4n) is 1.78. The number of anilines is 3. The van der Waals surface area contributed by atoms with Gasteiger partial charge in [-0.2, -0.15) is 4.98 Å². The van der Waals surface area contributed by atoms with Gasteiger partial charge in [0.2, 0.25) is 5.95 Å². The first-order chi connectivity index (χ1) is 8.61. The van der Waals surface area contributed by atoms with Crippen molar-refractivity contribution in [1.29, 1.82) is 0 Å². The highest BCUT2D eigenvalue weighted by Crippen LogP contribution is 2.25. The van der Waals surface area contributed by atoms with E-state index in [2.05, 4.69) is 51.4 Å². The van der Waals surface area contributed by atoms with Crippen molar-refractivity contribution >= 4 is 17.5 Å². The second-order valence-corrected chi connectivity index (χ2v) is 4.34. The van der Waals surface area contributed by atoms with E-state index >= 15 is 0 Å². The highest BCUT2D eigenvalue weighted by molar-refractivity contribution is 5.62. The van der Waals surface area contributed by atoms with Crippen LogP contribution >= 0.6 is 0 Å². The van der Waals surface area contributed by atoms with Gasteiger partial charge in [-0.3, -0.25) is 0 Å². The Morgan fingerprint density at radius 1 is 1.11 bits per heavy atom. The first-order valence-corrected chi connectivity index (χ1v) is 5.93. The summed E-state index contributed by atoms with van der Waals surface area (Å²) in [5.74, 6) is 1.55. The maximum absolute atomic E-state index is 4.49. The van der Waals surface area contributed by atoms with Crippen LogP contribution in [0.1, 0.15) is 11.1 Å². The predicted molar refractivity (Wildman–Crippen MR) is 75.6 cm³/mol. The van der Waals surface area contributed by atoms with Crippen LogP contribution in [0.3, 0.4) is 0 Å². The van der Waals surface area contributed by atoms with Crippen LogP contribution in [0, 0.1) is 13.8 Å². The van der Waals surface area contributed by atoms with Crippen LogP contribution in [-0.4, -0.2) is 24.1 Å². The lowest BCUT2D eigenvalue weighted by atomic mass is 10.2. The molecule has 1 heterocycles. The van der Waals surface area contributed by atoms with Gasteiger partial charge in [-0.05, 0) is 26.0 Å². The number of rotatable bonds is 3. The Kier molecular flexibility index (Phi) is 3.46. The smallest absolute Gasteiger partial charge is 0.224 e. The standard InChI is InChI=1S/C14H18N4/c1-10-5-7-12(8-6-10)18(4)13-11(2)9-16-14(15-3)17-13/h5-9H,1-4H3,(H,15,16,17). The Hall–Kier alpha value is -2.10. The maximum Gasteiger partial charge on any atom is 0.224 e. The highest BCUT2D eigenvalue weighted by atomic mass is 15.2. The Labute approximate surface area is 108 Å². The van der Waals surface area contributed by atoms with Gasteiger partial charge in [-0.25, -0.2) is 4.98 Å². The maximum atomic E-state index is 4.49. The Morgan fingerprint density at radius 3 is 2.39 bits per heavy atom. The van der Waals surface area contributed by atoms with Crippen LogP contribution < -0.4 is 10.2 Å². The summed E-state index contributed by atoms with van der Waals surface area (Å²) in [6.07, 6.45) is 1.83. The number of nitrogens with one attached hydrogen (secondary N) is 1. The average Bonchev–Trinajstić information content (AvgIpc) is 2.39. The molecule has 4 heteroatoms. The molecular formula is C14H18N4. The lowest BCUT2D eigenvalue weighted by Gasteiger charge is -2.20. The molecule has 2 rings (SSSR count). The molecule has 0 bridgehead atoms. The minimum Gasteiger partial charge on any atom is -0.357 e. The van der Waals surface area contributed by atoms with E-state index in [9.17, 15) is 0 Å². The monoisotopic (exact) mass is 242 g/mol. The molecule has 4 nitrogen and oxygen atoms in total. The number of aromatic nitrogens is 2. The van der Waals surface area contributed by atoms with Crippen molar-refractivity contribution in [2.45, 2.75) is 13.8 Å². The number of aryl methyl sites for hydroxylation is 2. The predicted octanol–water partition coefficient (Wildman–Crippen LogP) is 2.90. The normalized spacial score (nSPS) is 10.2. The van der Waals surface area contributed by atoms with E-state index in [0.717, 1.165) is 17.1 Å². The summed E-state index contributed by atoms with van der Waals surface area (Å²) in [5.41, 5.74) is 3.42. The molecule has 0 atom stereocenters. The summed E-state index contributed by atoms with van der Waals surface area (Å²) in [6, 6.07) is 8.38. The molecule has 94 valence electrons. The minimum absolute atomic E-state index is 0.634. The van der Waals surface area contributed by atoms with Crippen LogP contribution in [0.4, 0.5) is 17.5 Å². The summed E-state index contributed by atoms with van der Waals surface area (Å²) < 4.78 is 0. The van der Waals surface area contributed by atoms with Crippen LogP contribution in [0.15, 0.2) is 30.5 Å². The fourth-order valence-corrected chi connectivity index (χ4v) is 1.78. The second-order valence-electron chi connectivity index (χ2n) is 4.34. The molecule has 0 radical (unpaired) electrons. The molecule has 1 aromatic carbocycles. The van der Waals surface area contributed by atoms with Crippen molar-refractivity contribution in [3.63, 3.8) is 0 Å². The van der Waals surface area contributed by atoms with Crippen molar-refractivity contribution in [3.8, 4) is 0 Å². The van der Waals surface area contributed by atoms with Crippen LogP contribution in [0.5, 0.6) is 0 Å². The number of hydrogen-bond acceptors (Lipinski definition) is 4. The van der Waals surface area contributed by atoms with Crippen molar-refractivity contribution < 1.29 is 0 Å². The van der Waals surface area contributed by atoms with Gasteiger partial charge in [0.25, 0.3) is 0 Å². The summed E-state index contributed by atoms with van der Waals surface area (Å²) in [7, 11) is 3.83. The number of nitrogens with zero attached hydrogens (tertiary/aromatic N) is 3. The quantitative estimate of drug-likeness (QED) is 0.898. The first-order valence-electron chi connectivity index (χ1n) is 5.93. The molecule has 1 N–H and O–H groups in total. The average molecular weight is 242 g/mol. The molecule has 0 saturated heterocycles. The van der Waals surface area contributed by atoms with Crippen LogP contribution in [-0.2, 0) is 0 Å². The van der Waals surface area contributed by atoms with Gasteiger partial charge >= 0.3 is 0 Å². The van der Waals surface area contributed by atoms with Crippen molar-refractivity contribution in [2.24, 2.45) is 0 Å². The molecule has 2 aromatic rings. The zero-order valence-corrected chi connectivity index (χ0v) is 11.2. The van der Waals surface area contributed by atoms with Gasteiger partial charge in [-0.1, -0.05) is 17.7 Å². The second kappa shape index (κ2) is 5.04. The number of benzene rings is 1. The van der Waals surface area contributed by atoms with E-state index in [-0.39, 0.29) is 0 Å². The Balaban J connectivity index is 2.38. The fraction of sp³-hybridized carbons (Fsp3) is 0.286. The van der Waals surface area contributed by atoms with Gasteiger partial charge in [0.1, 0.15) is 5.82 Å². The van der Waals surface area contributed by atoms with E-state index in [0.29, 0.717) is 5.95 Å². The molecular weight excluding hydrogens is 224 g/mol. The van der Waals surface area contributed by atoms with Gasteiger partial charge in [0, 0.05) is 31.5 Å². The lowest BCUT2D eigenvalue weighted by molar-refractivity contribution is 1.05. The van der Waals surface area contributed by atoms with Crippen molar-refractivity contribution in [3.05, 3.63) is 41.6 Å². The number of hydrogen-bond donors (Lipinski definition) is 1. The summed E-state index contributed by atoms with van der Waals surface area (Å²) in [5, 5.41) is 2.96. The van der Waals surface area contributed by atoms with Crippen LogP contribution in [0.25, 0.3) is 0 Å². The molecule has 1 aromatic heterocycles.